The Morgan fingerprint density at radius 2 is 1.92 bits per heavy atom. The van der Waals surface area contributed by atoms with Crippen LogP contribution in [0.1, 0.15) is 18.5 Å². The van der Waals surface area contributed by atoms with Crippen molar-refractivity contribution in [1.82, 2.24) is 9.97 Å². The van der Waals surface area contributed by atoms with Crippen molar-refractivity contribution in [2.24, 2.45) is 0 Å². The highest BCUT2D eigenvalue weighted by molar-refractivity contribution is 6.29. The number of alkyl halides is 3. The summed E-state index contributed by atoms with van der Waals surface area (Å²) in [6.07, 6.45) is -1.48. The zero-order valence-corrected chi connectivity index (χ0v) is 13.4. The highest BCUT2D eigenvalue weighted by atomic mass is 35.5. The van der Waals surface area contributed by atoms with E-state index in [1.54, 1.807) is 18.3 Å². The van der Waals surface area contributed by atoms with Crippen LogP contribution in [0, 0.1) is 0 Å². The van der Waals surface area contributed by atoms with Crippen LogP contribution in [-0.4, -0.2) is 29.2 Å². The van der Waals surface area contributed by atoms with Gasteiger partial charge in [-0.2, -0.15) is 13.2 Å². The minimum Gasteiger partial charge on any atom is -0.474 e. The van der Waals surface area contributed by atoms with E-state index < -0.39 is 11.9 Å². The standard InChI is InChI=1S/C16H15ClF3N3O/c17-14-10-11(9-13(22-14)16(18,19)20)23-7-4-12(5-8-23)24-15-3-1-2-6-21-15/h1-3,6,9-10,12H,4-5,7-8H2. The second kappa shape index (κ2) is 6.84. The molecule has 1 aliphatic rings. The molecule has 3 heterocycles. The number of pyridine rings is 2. The van der Waals surface area contributed by atoms with Gasteiger partial charge in [0, 0.05) is 43.9 Å². The molecule has 0 saturated carbocycles. The first-order valence-corrected chi connectivity index (χ1v) is 7.87. The van der Waals surface area contributed by atoms with E-state index in [0.29, 0.717) is 37.5 Å². The topological polar surface area (TPSA) is 38.2 Å². The molecule has 1 aliphatic heterocycles. The Morgan fingerprint density at radius 1 is 1.17 bits per heavy atom. The maximum Gasteiger partial charge on any atom is 0.433 e. The van der Waals surface area contributed by atoms with Gasteiger partial charge in [-0.1, -0.05) is 17.7 Å². The second-order valence-electron chi connectivity index (χ2n) is 5.50. The third kappa shape index (κ3) is 4.08. The molecule has 0 spiro atoms. The van der Waals surface area contributed by atoms with Crippen LogP contribution in [0.15, 0.2) is 36.5 Å². The molecule has 0 bridgehead atoms. The number of ether oxygens (including phenoxy) is 1. The molecule has 0 atom stereocenters. The number of piperidine rings is 1. The lowest BCUT2D eigenvalue weighted by Crippen LogP contribution is -2.38. The zero-order valence-electron chi connectivity index (χ0n) is 12.6. The fourth-order valence-corrected chi connectivity index (χ4v) is 2.83. The second-order valence-corrected chi connectivity index (χ2v) is 5.89. The number of halogens is 4. The first kappa shape index (κ1) is 16.8. The zero-order chi connectivity index (χ0) is 17.2. The molecular weight excluding hydrogens is 343 g/mol. The molecule has 0 aliphatic carbocycles. The number of aromatic nitrogens is 2. The van der Waals surface area contributed by atoms with E-state index in [-0.39, 0.29) is 11.3 Å². The van der Waals surface area contributed by atoms with Crippen molar-refractivity contribution >= 4 is 17.3 Å². The summed E-state index contributed by atoms with van der Waals surface area (Å²) in [6, 6.07) is 7.92. The van der Waals surface area contributed by atoms with Gasteiger partial charge in [-0.25, -0.2) is 9.97 Å². The molecule has 8 heteroatoms. The van der Waals surface area contributed by atoms with Gasteiger partial charge in [-0.15, -0.1) is 0 Å². The average molecular weight is 358 g/mol. The van der Waals surface area contributed by atoms with Gasteiger partial charge >= 0.3 is 6.18 Å². The van der Waals surface area contributed by atoms with Gasteiger partial charge in [0.1, 0.15) is 17.0 Å². The Kier molecular flexibility index (Phi) is 4.80. The number of anilines is 1. The molecule has 2 aromatic rings. The summed E-state index contributed by atoms with van der Waals surface area (Å²) in [5, 5.41) is -0.160. The highest BCUT2D eigenvalue weighted by Crippen LogP contribution is 2.33. The van der Waals surface area contributed by atoms with Gasteiger partial charge in [-0.3, -0.25) is 0 Å². The molecule has 0 aromatic carbocycles. The third-order valence-corrected chi connectivity index (χ3v) is 4.00. The summed E-state index contributed by atoms with van der Waals surface area (Å²) in [7, 11) is 0. The molecular formula is C16H15ClF3N3O. The quantitative estimate of drug-likeness (QED) is 0.772. The Bertz CT molecular complexity index is 689. The van der Waals surface area contributed by atoms with Crippen LogP contribution >= 0.6 is 11.6 Å². The lowest BCUT2D eigenvalue weighted by Gasteiger charge is -2.33. The normalized spacial score (nSPS) is 16.2. The van der Waals surface area contributed by atoms with Crippen LogP contribution in [0.2, 0.25) is 5.15 Å². The van der Waals surface area contributed by atoms with Crippen molar-refractivity contribution in [2.75, 3.05) is 18.0 Å². The first-order chi connectivity index (χ1) is 11.4. The van der Waals surface area contributed by atoms with Crippen molar-refractivity contribution in [3.63, 3.8) is 0 Å². The van der Waals surface area contributed by atoms with Crippen LogP contribution in [0.3, 0.4) is 0 Å². The van der Waals surface area contributed by atoms with Gasteiger partial charge in [0.25, 0.3) is 0 Å². The summed E-state index contributed by atoms with van der Waals surface area (Å²) in [4.78, 5) is 9.33. The van der Waals surface area contributed by atoms with Crippen LogP contribution in [-0.2, 0) is 6.18 Å². The van der Waals surface area contributed by atoms with Crippen molar-refractivity contribution < 1.29 is 17.9 Å². The maximum atomic E-state index is 12.9. The van der Waals surface area contributed by atoms with Crippen molar-refractivity contribution in [3.8, 4) is 5.88 Å². The minimum atomic E-state index is -4.51. The summed E-state index contributed by atoms with van der Waals surface area (Å²) in [6.45, 7) is 1.16. The number of hydrogen-bond donors (Lipinski definition) is 0. The van der Waals surface area contributed by atoms with Crippen LogP contribution in [0.4, 0.5) is 18.9 Å². The van der Waals surface area contributed by atoms with Crippen molar-refractivity contribution in [2.45, 2.75) is 25.1 Å². The van der Waals surface area contributed by atoms with E-state index in [4.69, 9.17) is 16.3 Å². The van der Waals surface area contributed by atoms with E-state index in [1.807, 2.05) is 11.0 Å². The summed E-state index contributed by atoms with van der Waals surface area (Å²) in [5.41, 5.74) is -0.546. The molecule has 1 fully saturated rings. The predicted octanol–water partition coefficient (Wildman–Crippen LogP) is 4.20. The molecule has 128 valence electrons. The number of hydrogen-bond acceptors (Lipinski definition) is 4. The smallest absolute Gasteiger partial charge is 0.433 e. The molecule has 1 saturated heterocycles. The number of nitrogens with zero attached hydrogens (tertiary/aromatic N) is 3. The fourth-order valence-electron chi connectivity index (χ4n) is 2.63. The molecule has 4 nitrogen and oxygen atoms in total. The minimum absolute atomic E-state index is 0.00412. The van der Waals surface area contributed by atoms with Crippen LogP contribution in [0.5, 0.6) is 5.88 Å². The fraction of sp³-hybridized carbons (Fsp3) is 0.375. The van der Waals surface area contributed by atoms with Crippen LogP contribution in [0.25, 0.3) is 0 Å². The maximum absolute atomic E-state index is 12.9. The van der Waals surface area contributed by atoms with E-state index in [1.165, 1.54) is 6.07 Å². The average Bonchev–Trinajstić information content (AvgIpc) is 2.55. The van der Waals surface area contributed by atoms with Gasteiger partial charge in [0.15, 0.2) is 0 Å². The van der Waals surface area contributed by atoms with Gasteiger partial charge < -0.3 is 9.64 Å². The molecule has 0 N–H and O–H groups in total. The largest absolute Gasteiger partial charge is 0.474 e. The monoisotopic (exact) mass is 357 g/mol. The van der Waals surface area contributed by atoms with Crippen molar-refractivity contribution in [3.05, 3.63) is 47.4 Å². The summed E-state index contributed by atoms with van der Waals surface area (Å²) in [5.74, 6) is 0.558. The summed E-state index contributed by atoms with van der Waals surface area (Å²) < 4.78 is 44.3. The third-order valence-electron chi connectivity index (χ3n) is 3.80. The highest BCUT2D eigenvalue weighted by Gasteiger charge is 2.34. The summed E-state index contributed by atoms with van der Waals surface area (Å²) >= 11 is 5.74. The lowest BCUT2D eigenvalue weighted by molar-refractivity contribution is -0.141. The molecule has 3 rings (SSSR count). The van der Waals surface area contributed by atoms with Gasteiger partial charge in [-0.05, 0) is 18.2 Å². The molecule has 0 amide bonds. The van der Waals surface area contributed by atoms with E-state index in [9.17, 15) is 13.2 Å². The van der Waals surface area contributed by atoms with Crippen LogP contribution < -0.4 is 9.64 Å². The number of rotatable bonds is 3. The Morgan fingerprint density at radius 3 is 2.54 bits per heavy atom. The molecule has 0 unspecified atom stereocenters. The Hall–Kier alpha value is -2.02. The Balaban J connectivity index is 1.65. The van der Waals surface area contributed by atoms with E-state index >= 15 is 0 Å². The molecule has 0 radical (unpaired) electrons. The van der Waals surface area contributed by atoms with E-state index in [0.717, 1.165) is 6.07 Å². The lowest BCUT2D eigenvalue weighted by atomic mass is 10.1. The van der Waals surface area contributed by atoms with E-state index in [2.05, 4.69) is 9.97 Å². The molecule has 2 aromatic heterocycles. The van der Waals surface area contributed by atoms with Gasteiger partial charge in [0.2, 0.25) is 5.88 Å². The predicted molar refractivity (Wildman–Crippen MR) is 84.3 cm³/mol. The van der Waals surface area contributed by atoms with Gasteiger partial charge in [0.05, 0.1) is 0 Å². The Labute approximate surface area is 142 Å². The SMILES string of the molecule is FC(F)(F)c1cc(N2CCC(Oc3ccccn3)CC2)cc(Cl)n1. The molecule has 24 heavy (non-hydrogen) atoms. The first-order valence-electron chi connectivity index (χ1n) is 7.49. The van der Waals surface area contributed by atoms with Crippen molar-refractivity contribution in [1.29, 1.82) is 0 Å².